The van der Waals surface area contributed by atoms with Crippen LogP contribution in [0.25, 0.3) is 0 Å². The van der Waals surface area contributed by atoms with E-state index in [-0.39, 0.29) is 18.2 Å². The predicted octanol–water partition coefficient (Wildman–Crippen LogP) is 2.12. The summed E-state index contributed by atoms with van der Waals surface area (Å²) in [4.78, 5) is 24.7. The Hall–Kier alpha value is -1.88. The zero-order chi connectivity index (χ0) is 15.2. The summed E-state index contributed by atoms with van der Waals surface area (Å²) in [5.41, 5.74) is 1.97. The highest BCUT2D eigenvalue weighted by Crippen LogP contribution is 2.20. The van der Waals surface area contributed by atoms with Crippen molar-refractivity contribution in [3.8, 4) is 0 Å². The van der Waals surface area contributed by atoms with Crippen LogP contribution in [0.4, 0.5) is 5.69 Å². The Balaban J connectivity index is 1.74. The molecule has 2 rings (SSSR count). The number of aliphatic carboxylic acids is 1. The van der Waals surface area contributed by atoms with Gasteiger partial charge in [0.05, 0.1) is 6.54 Å². The minimum atomic E-state index is -0.731. The van der Waals surface area contributed by atoms with Crippen LogP contribution in [-0.4, -0.2) is 41.5 Å². The SMILES string of the molecule is Cc1ccc(NC(=O)CN2CCC(CC(=O)O)CC2)cc1. The van der Waals surface area contributed by atoms with E-state index in [2.05, 4.69) is 10.2 Å². The van der Waals surface area contributed by atoms with Crippen LogP contribution in [-0.2, 0) is 9.59 Å². The van der Waals surface area contributed by atoms with E-state index in [1.807, 2.05) is 31.2 Å². The van der Waals surface area contributed by atoms with Crippen molar-refractivity contribution < 1.29 is 14.7 Å². The van der Waals surface area contributed by atoms with Crippen molar-refractivity contribution in [3.63, 3.8) is 0 Å². The summed E-state index contributed by atoms with van der Waals surface area (Å²) in [6.45, 7) is 3.96. The second-order valence-corrected chi connectivity index (χ2v) is 5.73. The summed E-state index contributed by atoms with van der Waals surface area (Å²) < 4.78 is 0. The number of carboxylic acid groups (broad SMARTS) is 1. The van der Waals surface area contributed by atoms with Crippen LogP contribution in [0.5, 0.6) is 0 Å². The first kappa shape index (κ1) is 15.5. The molecule has 1 aliphatic rings. The Bertz CT molecular complexity index is 491. The fraction of sp³-hybridized carbons (Fsp3) is 0.500. The lowest BCUT2D eigenvalue weighted by molar-refractivity contribution is -0.138. The zero-order valence-electron chi connectivity index (χ0n) is 12.3. The molecule has 5 heteroatoms. The molecule has 1 amide bonds. The molecule has 0 saturated carbocycles. The highest BCUT2D eigenvalue weighted by molar-refractivity contribution is 5.92. The first-order valence-electron chi connectivity index (χ1n) is 7.33. The van der Waals surface area contributed by atoms with Crippen LogP contribution in [0.15, 0.2) is 24.3 Å². The largest absolute Gasteiger partial charge is 0.481 e. The molecule has 114 valence electrons. The van der Waals surface area contributed by atoms with E-state index < -0.39 is 5.97 Å². The molecule has 21 heavy (non-hydrogen) atoms. The van der Waals surface area contributed by atoms with Crippen molar-refractivity contribution in [2.75, 3.05) is 25.0 Å². The Labute approximate surface area is 125 Å². The van der Waals surface area contributed by atoms with Crippen LogP contribution in [0.1, 0.15) is 24.8 Å². The first-order valence-corrected chi connectivity index (χ1v) is 7.33. The van der Waals surface area contributed by atoms with Crippen LogP contribution in [0.2, 0.25) is 0 Å². The lowest BCUT2D eigenvalue weighted by atomic mass is 9.94. The normalized spacial score (nSPS) is 16.6. The number of hydrogen-bond acceptors (Lipinski definition) is 3. The maximum Gasteiger partial charge on any atom is 0.303 e. The van der Waals surface area contributed by atoms with Crippen LogP contribution in [0.3, 0.4) is 0 Å². The Morgan fingerprint density at radius 3 is 2.43 bits per heavy atom. The number of nitrogens with zero attached hydrogens (tertiary/aromatic N) is 1. The lowest BCUT2D eigenvalue weighted by Gasteiger charge is -2.30. The van der Waals surface area contributed by atoms with Gasteiger partial charge in [0.15, 0.2) is 0 Å². The maximum absolute atomic E-state index is 12.0. The quantitative estimate of drug-likeness (QED) is 0.871. The molecule has 1 saturated heterocycles. The number of aryl methyl sites for hydroxylation is 1. The molecule has 1 aromatic carbocycles. The maximum atomic E-state index is 12.0. The van der Waals surface area contributed by atoms with Crippen molar-refractivity contribution in [2.45, 2.75) is 26.2 Å². The number of carbonyl (C=O) groups excluding carboxylic acids is 1. The molecule has 0 aliphatic carbocycles. The summed E-state index contributed by atoms with van der Waals surface area (Å²) >= 11 is 0. The number of nitrogens with one attached hydrogen (secondary N) is 1. The average Bonchev–Trinajstić information content (AvgIpc) is 2.43. The summed E-state index contributed by atoms with van der Waals surface area (Å²) in [6, 6.07) is 7.72. The second-order valence-electron chi connectivity index (χ2n) is 5.73. The summed E-state index contributed by atoms with van der Waals surface area (Å²) in [6.07, 6.45) is 1.94. The predicted molar refractivity (Wildman–Crippen MR) is 81.2 cm³/mol. The summed E-state index contributed by atoms with van der Waals surface area (Å²) in [5.74, 6) is -0.500. The minimum absolute atomic E-state index is 0.0180. The van der Waals surface area contributed by atoms with Gasteiger partial charge in [-0.3, -0.25) is 14.5 Å². The highest BCUT2D eigenvalue weighted by Gasteiger charge is 2.22. The standard InChI is InChI=1S/C16H22N2O3/c1-12-2-4-14(5-3-12)17-15(19)11-18-8-6-13(7-9-18)10-16(20)21/h2-5,13H,6-11H2,1H3,(H,17,19)(H,20,21). The number of benzene rings is 1. The third kappa shape index (κ3) is 5.19. The van der Waals surface area contributed by atoms with Gasteiger partial charge in [-0.05, 0) is 50.9 Å². The van der Waals surface area contributed by atoms with Crippen molar-refractivity contribution >= 4 is 17.6 Å². The van der Waals surface area contributed by atoms with Gasteiger partial charge in [0.2, 0.25) is 5.91 Å². The van der Waals surface area contributed by atoms with Gasteiger partial charge in [-0.2, -0.15) is 0 Å². The van der Waals surface area contributed by atoms with Crippen LogP contribution in [0, 0.1) is 12.8 Å². The molecule has 0 bridgehead atoms. The van der Waals surface area contributed by atoms with Gasteiger partial charge in [-0.1, -0.05) is 17.7 Å². The summed E-state index contributed by atoms with van der Waals surface area (Å²) in [7, 11) is 0. The third-order valence-electron chi connectivity index (χ3n) is 3.87. The molecular weight excluding hydrogens is 268 g/mol. The van der Waals surface area contributed by atoms with E-state index in [9.17, 15) is 9.59 Å². The molecule has 1 fully saturated rings. The Morgan fingerprint density at radius 1 is 1.24 bits per heavy atom. The number of piperidine rings is 1. The molecule has 0 spiro atoms. The van der Waals surface area contributed by atoms with Gasteiger partial charge >= 0.3 is 5.97 Å². The minimum Gasteiger partial charge on any atom is -0.481 e. The van der Waals surface area contributed by atoms with E-state index in [4.69, 9.17) is 5.11 Å². The van der Waals surface area contributed by atoms with E-state index in [1.165, 1.54) is 0 Å². The summed E-state index contributed by atoms with van der Waals surface area (Å²) in [5, 5.41) is 11.7. The van der Waals surface area contributed by atoms with Crippen molar-refractivity contribution in [1.29, 1.82) is 0 Å². The van der Waals surface area contributed by atoms with E-state index in [1.54, 1.807) is 0 Å². The molecule has 1 heterocycles. The van der Waals surface area contributed by atoms with Crippen molar-refractivity contribution in [1.82, 2.24) is 4.90 Å². The third-order valence-corrected chi connectivity index (χ3v) is 3.87. The van der Waals surface area contributed by atoms with Gasteiger partial charge in [-0.15, -0.1) is 0 Å². The molecule has 1 aliphatic heterocycles. The van der Waals surface area contributed by atoms with Crippen LogP contribution < -0.4 is 5.32 Å². The van der Waals surface area contributed by atoms with Gasteiger partial charge in [0, 0.05) is 12.1 Å². The number of carbonyl (C=O) groups is 2. The number of anilines is 1. The molecular formula is C16H22N2O3. The molecule has 0 unspecified atom stereocenters. The number of amides is 1. The van der Waals surface area contributed by atoms with Crippen molar-refractivity contribution in [2.24, 2.45) is 5.92 Å². The fourth-order valence-electron chi connectivity index (χ4n) is 2.64. The number of hydrogen-bond donors (Lipinski definition) is 2. The lowest BCUT2D eigenvalue weighted by Crippen LogP contribution is -2.39. The molecule has 0 aromatic heterocycles. The molecule has 2 N–H and O–H groups in total. The topological polar surface area (TPSA) is 69.6 Å². The fourth-order valence-corrected chi connectivity index (χ4v) is 2.64. The molecule has 5 nitrogen and oxygen atoms in total. The van der Waals surface area contributed by atoms with Gasteiger partial charge < -0.3 is 10.4 Å². The van der Waals surface area contributed by atoms with Crippen molar-refractivity contribution in [3.05, 3.63) is 29.8 Å². The first-order chi connectivity index (χ1) is 10.0. The number of carboxylic acids is 1. The average molecular weight is 290 g/mol. The number of rotatable bonds is 5. The zero-order valence-corrected chi connectivity index (χ0v) is 12.3. The smallest absolute Gasteiger partial charge is 0.303 e. The highest BCUT2D eigenvalue weighted by atomic mass is 16.4. The van der Waals surface area contributed by atoms with Gasteiger partial charge in [0.1, 0.15) is 0 Å². The molecule has 1 aromatic rings. The number of likely N-dealkylation sites (tertiary alicyclic amines) is 1. The Morgan fingerprint density at radius 2 is 1.86 bits per heavy atom. The van der Waals surface area contributed by atoms with E-state index >= 15 is 0 Å². The van der Waals surface area contributed by atoms with Crippen LogP contribution >= 0.6 is 0 Å². The van der Waals surface area contributed by atoms with Gasteiger partial charge in [0.25, 0.3) is 0 Å². The van der Waals surface area contributed by atoms with E-state index in [0.717, 1.165) is 37.2 Å². The van der Waals surface area contributed by atoms with E-state index in [0.29, 0.717) is 6.54 Å². The second kappa shape index (κ2) is 7.22. The Kier molecular flexibility index (Phi) is 5.33. The van der Waals surface area contributed by atoms with Gasteiger partial charge in [-0.25, -0.2) is 0 Å². The monoisotopic (exact) mass is 290 g/mol. The molecule has 0 atom stereocenters. The molecule has 0 radical (unpaired) electrons.